The molecule has 0 amide bonds. The summed E-state index contributed by atoms with van der Waals surface area (Å²) in [4.78, 5) is 11.5. The molecule has 0 atom stereocenters. The van der Waals surface area contributed by atoms with Crippen LogP contribution in [-0.2, 0) is 0 Å². The predicted octanol–water partition coefficient (Wildman–Crippen LogP) is 5.69. The molecular formula is C28H32N6O. The lowest BCUT2D eigenvalue weighted by atomic mass is 9.67. The summed E-state index contributed by atoms with van der Waals surface area (Å²) in [7, 11) is 0. The molecule has 0 bridgehead atoms. The molecule has 1 spiro atoms. The van der Waals surface area contributed by atoms with Crippen LogP contribution in [0.3, 0.4) is 0 Å². The molecule has 2 aliphatic rings. The minimum atomic E-state index is 0.333. The smallest absolute Gasteiger partial charge is 0.164 e. The average molecular weight is 469 g/mol. The number of ether oxygens (including phenoxy) is 1. The van der Waals surface area contributed by atoms with E-state index in [1.165, 1.54) is 25.9 Å². The van der Waals surface area contributed by atoms with Crippen LogP contribution in [0, 0.1) is 5.41 Å². The van der Waals surface area contributed by atoms with E-state index in [0.717, 1.165) is 46.6 Å². The Labute approximate surface area is 205 Å². The number of likely N-dealkylation sites (tertiary alicyclic amines) is 1. The van der Waals surface area contributed by atoms with Crippen molar-refractivity contribution < 1.29 is 4.74 Å². The third kappa shape index (κ3) is 4.04. The highest BCUT2D eigenvalue weighted by molar-refractivity contribution is 5.98. The molecule has 2 fully saturated rings. The number of hydrogen-bond acceptors (Lipinski definition) is 6. The van der Waals surface area contributed by atoms with Crippen LogP contribution in [0.15, 0.2) is 60.9 Å². The number of hydrogen-bond donors (Lipinski definition) is 1. The number of para-hydroxylation sites is 1. The van der Waals surface area contributed by atoms with E-state index < -0.39 is 0 Å². The van der Waals surface area contributed by atoms with Crippen LogP contribution in [0.25, 0.3) is 22.3 Å². The second kappa shape index (κ2) is 8.64. The number of fused-ring (bicyclic) bond motifs is 1. The maximum absolute atomic E-state index is 6.35. The van der Waals surface area contributed by atoms with Crippen LogP contribution >= 0.6 is 0 Å². The highest BCUT2D eigenvalue weighted by Gasteiger charge is 2.46. The van der Waals surface area contributed by atoms with Gasteiger partial charge in [0.15, 0.2) is 5.65 Å². The lowest BCUT2D eigenvalue weighted by Crippen LogP contribution is -2.59. The van der Waals surface area contributed by atoms with Gasteiger partial charge in [0.05, 0.1) is 11.4 Å². The van der Waals surface area contributed by atoms with Crippen LogP contribution in [0.4, 0.5) is 5.82 Å². The summed E-state index contributed by atoms with van der Waals surface area (Å²) in [5, 5.41) is 5.91. The first-order chi connectivity index (χ1) is 17.0. The molecule has 1 saturated heterocycles. The molecular weight excluding hydrogens is 436 g/mol. The van der Waals surface area contributed by atoms with Gasteiger partial charge in [0.25, 0.3) is 0 Å². The van der Waals surface area contributed by atoms with Crippen molar-refractivity contribution in [3.8, 4) is 22.8 Å². The quantitative estimate of drug-likeness (QED) is 0.405. The van der Waals surface area contributed by atoms with Gasteiger partial charge in [0, 0.05) is 24.7 Å². The molecule has 2 N–H and O–H groups in total. The molecule has 180 valence electrons. The molecule has 1 saturated carbocycles. The maximum atomic E-state index is 6.35. The van der Waals surface area contributed by atoms with Crippen molar-refractivity contribution in [2.24, 2.45) is 5.41 Å². The van der Waals surface area contributed by atoms with Crippen molar-refractivity contribution in [3.05, 3.63) is 60.9 Å². The van der Waals surface area contributed by atoms with Crippen molar-refractivity contribution >= 4 is 16.9 Å². The number of anilines is 1. The zero-order valence-electron chi connectivity index (χ0n) is 20.4. The third-order valence-corrected chi connectivity index (χ3v) is 7.79. The third-order valence-electron chi connectivity index (χ3n) is 7.79. The first-order valence-corrected chi connectivity index (χ1v) is 12.6. The number of aromatic nitrogens is 4. The Morgan fingerprint density at radius 3 is 2.31 bits per heavy atom. The second-order valence-electron chi connectivity index (χ2n) is 10.4. The average Bonchev–Trinajstić information content (AvgIpc) is 3.25. The molecule has 1 aliphatic carbocycles. The molecule has 7 nitrogen and oxygen atoms in total. The fourth-order valence-electron chi connectivity index (χ4n) is 5.71. The number of nitrogens with zero attached hydrogens (tertiary/aromatic N) is 5. The van der Waals surface area contributed by atoms with Crippen molar-refractivity contribution in [1.82, 2.24) is 24.6 Å². The molecule has 1 aliphatic heterocycles. The zero-order chi connectivity index (χ0) is 24.0. The van der Waals surface area contributed by atoms with Gasteiger partial charge in [-0.1, -0.05) is 18.2 Å². The lowest BCUT2D eigenvalue weighted by Gasteiger charge is -2.55. The van der Waals surface area contributed by atoms with Crippen LogP contribution < -0.4 is 10.5 Å². The number of nitrogens with two attached hydrogens (primary N) is 1. The number of nitrogen functional groups attached to an aromatic ring is 1. The van der Waals surface area contributed by atoms with Crippen LogP contribution in [0.2, 0.25) is 0 Å². The Morgan fingerprint density at radius 1 is 0.943 bits per heavy atom. The van der Waals surface area contributed by atoms with E-state index in [0.29, 0.717) is 23.3 Å². The molecule has 6 rings (SSSR count). The topological polar surface area (TPSA) is 82.1 Å². The molecule has 2 aromatic heterocycles. The Kier molecular flexibility index (Phi) is 5.44. The molecule has 4 aromatic rings. The molecule has 0 radical (unpaired) electrons. The highest BCUT2D eigenvalue weighted by atomic mass is 16.5. The van der Waals surface area contributed by atoms with Gasteiger partial charge in [-0.05, 0) is 81.3 Å². The van der Waals surface area contributed by atoms with Gasteiger partial charge in [0.1, 0.15) is 29.3 Å². The van der Waals surface area contributed by atoms with E-state index in [9.17, 15) is 0 Å². The van der Waals surface area contributed by atoms with Crippen molar-refractivity contribution in [2.45, 2.75) is 51.6 Å². The lowest BCUT2D eigenvalue weighted by molar-refractivity contribution is -0.0543. The molecule has 7 heteroatoms. The molecule has 35 heavy (non-hydrogen) atoms. The fourth-order valence-corrected chi connectivity index (χ4v) is 5.71. The molecule has 0 unspecified atom stereocenters. The summed E-state index contributed by atoms with van der Waals surface area (Å²) in [6, 6.07) is 18.8. The second-order valence-corrected chi connectivity index (χ2v) is 10.4. The van der Waals surface area contributed by atoms with E-state index >= 15 is 0 Å². The van der Waals surface area contributed by atoms with Gasteiger partial charge in [-0.25, -0.2) is 14.6 Å². The Bertz CT molecular complexity index is 1320. The summed E-state index contributed by atoms with van der Waals surface area (Å²) in [6.45, 7) is 7.05. The van der Waals surface area contributed by atoms with Gasteiger partial charge in [0.2, 0.25) is 0 Å². The largest absolute Gasteiger partial charge is 0.457 e. The van der Waals surface area contributed by atoms with Crippen molar-refractivity contribution in [2.75, 3.05) is 18.8 Å². The SMILES string of the molecule is CC(C)N1CC2(CCC(n3nc(-c4ccc(Oc5ccccc5)cc4)c4c(N)ncnc43)CC2)C1. The standard InChI is InChI=1S/C28H32N6O/c1-19(2)33-16-28(17-33)14-12-21(13-15-28)34-27-24(26(29)30-18-31-27)25(32-34)20-8-10-23(11-9-20)35-22-6-4-3-5-7-22/h3-11,18-19,21H,12-17H2,1-2H3,(H2,29,30,31). The summed E-state index contributed by atoms with van der Waals surface area (Å²) < 4.78 is 8.07. The summed E-state index contributed by atoms with van der Waals surface area (Å²) in [6.07, 6.45) is 6.27. The Balaban J connectivity index is 1.26. The molecule has 2 aromatic carbocycles. The van der Waals surface area contributed by atoms with Crippen LogP contribution in [0.5, 0.6) is 11.5 Å². The first kappa shape index (κ1) is 22.0. The van der Waals surface area contributed by atoms with Crippen LogP contribution in [0.1, 0.15) is 45.6 Å². The zero-order valence-corrected chi connectivity index (χ0v) is 20.4. The first-order valence-electron chi connectivity index (χ1n) is 12.6. The monoisotopic (exact) mass is 468 g/mol. The van der Waals surface area contributed by atoms with E-state index in [1.54, 1.807) is 6.33 Å². The van der Waals surface area contributed by atoms with E-state index in [-0.39, 0.29) is 0 Å². The summed E-state index contributed by atoms with van der Waals surface area (Å²) in [5.41, 5.74) is 9.49. The Hall–Kier alpha value is -3.45. The number of benzene rings is 2. The van der Waals surface area contributed by atoms with Crippen LogP contribution in [-0.4, -0.2) is 43.8 Å². The van der Waals surface area contributed by atoms with E-state index in [4.69, 9.17) is 15.6 Å². The van der Waals surface area contributed by atoms with Gasteiger partial charge < -0.3 is 10.5 Å². The summed E-state index contributed by atoms with van der Waals surface area (Å²) >= 11 is 0. The number of rotatable bonds is 5. The predicted molar refractivity (Wildman–Crippen MR) is 138 cm³/mol. The minimum Gasteiger partial charge on any atom is -0.457 e. The molecule has 3 heterocycles. The summed E-state index contributed by atoms with van der Waals surface area (Å²) in [5.74, 6) is 2.06. The highest BCUT2D eigenvalue weighted by Crippen LogP contribution is 2.48. The normalized spacial score (nSPS) is 18.3. The van der Waals surface area contributed by atoms with Gasteiger partial charge >= 0.3 is 0 Å². The van der Waals surface area contributed by atoms with Crippen molar-refractivity contribution in [1.29, 1.82) is 0 Å². The van der Waals surface area contributed by atoms with E-state index in [1.807, 2.05) is 54.6 Å². The van der Waals surface area contributed by atoms with Gasteiger partial charge in [-0.15, -0.1) is 0 Å². The van der Waals surface area contributed by atoms with Gasteiger partial charge in [-0.2, -0.15) is 5.10 Å². The van der Waals surface area contributed by atoms with Crippen molar-refractivity contribution in [3.63, 3.8) is 0 Å². The van der Waals surface area contributed by atoms with E-state index in [2.05, 4.69) is 33.4 Å². The van der Waals surface area contributed by atoms with Gasteiger partial charge in [-0.3, -0.25) is 4.90 Å². The fraction of sp³-hybridized carbons (Fsp3) is 0.393. The Morgan fingerprint density at radius 2 is 1.63 bits per heavy atom. The maximum Gasteiger partial charge on any atom is 0.164 e. The minimum absolute atomic E-state index is 0.333.